The van der Waals surface area contributed by atoms with Gasteiger partial charge in [0.15, 0.2) is 5.69 Å². The number of urea groups is 1. The number of amides is 3. The number of fused-ring (bicyclic) bond motifs is 2. The normalized spacial score (nSPS) is 18.0. The molecule has 6 rings (SSSR count). The predicted molar refractivity (Wildman–Crippen MR) is 141 cm³/mol. The van der Waals surface area contributed by atoms with Crippen LogP contribution in [0.5, 0.6) is 0 Å². The highest BCUT2D eigenvalue weighted by Crippen LogP contribution is 2.36. The molecule has 41 heavy (non-hydrogen) atoms. The fourth-order valence-electron chi connectivity index (χ4n) is 5.14. The molecule has 0 saturated carbocycles. The number of hydrogen-bond acceptors (Lipinski definition) is 6. The van der Waals surface area contributed by atoms with Gasteiger partial charge in [-0.15, -0.1) is 0 Å². The van der Waals surface area contributed by atoms with Gasteiger partial charge in [0, 0.05) is 18.7 Å². The minimum Gasteiger partial charge on any atom is -0.431 e. The summed E-state index contributed by atoms with van der Waals surface area (Å²) in [7, 11) is 0. The van der Waals surface area contributed by atoms with E-state index in [2.05, 4.69) is 20.6 Å². The van der Waals surface area contributed by atoms with Crippen molar-refractivity contribution < 1.29 is 31.6 Å². The smallest absolute Gasteiger partial charge is 0.431 e. The number of aromatic nitrogens is 2. The number of oxazole rings is 1. The van der Waals surface area contributed by atoms with Gasteiger partial charge in [0.2, 0.25) is 11.7 Å². The third-order valence-electron chi connectivity index (χ3n) is 7.04. The van der Waals surface area contributed by atoms with Gasteiger partial charge < -0.3 is 24.9 Å². The van der Waals surface area contributed by atoms with Crippen molar-refractivity contribution in [2.45, 2.75) is 24.7 Å². The molecule has 2 aliphatic heterocycles. The lowest BCUT2D eigenvalue weighted by molar-refractivity contribution is -0.153. The van der Waals surface area contributed by atoms with Crippen LogP contribution in [-0.2, 0) is 6.18 Å². The Bertz CT molecular complexity index is 1590. The summed E-state index contributed by atoms with van der Waals surface area (Å²) in [6, 6.07) is 16.6. The second kappa shape index (κ2) is 10.2. The zero-order valence-electron chi connectivity index (χ0n) is 21.2. The Morgan fingerprint density at radius 1 is 0.927 bits per heavy atom. The number of halogens is 4. The molecular weight excluding hydrogens is 544 g/mol. The van der Waals surface area contributed by atoms with E-state index in [1.807, 2.05) is 4.90 Å². The van der Waals surface area contributed by atoms with Crippen LogP contribution in [0, 0.1) is 5.82 Å². The number of piperazine rings is 1. The molecule has 210 valence electrons. The van der Waals surface area contributed by atoms with Gasteiger partial charge in [0.25, 0.3) is 5.91 Å². The van der Waals surface area contributed by atoms with Crippen LogP contribution < -0.4 is 15.5 Å². The van der Waals surface area contributed by atoms with Crippen molar-refractivity contribution in [3.63, 3.8) is 0 Å². The summed E-state index contributed by atoms with van der Waals surface area (Å²) in [5, 5.41) is 5.01. The average molecular weight is 567 g/mol. The lowest BCUT2D eigenvalue weighted by Crippen LogP contribution is -2.50. The number of anilines is 3. The second-order valence-electron chi connectivity index (χ2n) is 9.68. The molecule has 2 atom stereocenters. The fourth-order valence-corrected chi connectivity index (χ4v) is 5.14. The molecule has 2 aliphatic rings. The van der Waals surface area contributed by atoms with E-state index in [4.69, 9.17) is 4.42 Å². The standard InChI is InChI=1S/C28H22F4N6O3/c29-20-8-4-5-9-21(20)35-27(40)38-15-18-12-19(38)14-37(18)22-11-10-17(13-33-22)34-25(39)23-24(28(30,31)32)41-26(36-23)16-6-2-1-3-7-16/h1-11,13,18-19H,12,14-15H2,(H,34,39)(H,35,40). The third-order valence-corrected chi connectivity index (χ3v) is 7.04. The van der Waals surface area contributed by atoms with Crippen molar-refractivity contribution >= 4 is 29.1 Å². The summed E-state index contributed by atoms with van der Waals surface area (Å²) < 4.78 is 59.7. The topological polar surface area (TPSA) is 104 Å². The number of benzene rings is 2. The number of pyridine rings is 1. The Labute approximate surface area is 230 Å². The monoisotopic (exact) mass is 566 g/mol. The summed E-state index contributed by atoms with van der Waals surface area (Å²) in [5.74, 6) is -2.83. The molecule has 2 aromatic heterocycles. The lowest BCUT2D eigenvalue weighted by Gasteiger charge is -2.35. The second-order valence-corrected chi connectivity index (χ2v) is 9.68. The number of likely N-dealkylation sites (tertiary alicyclic amines) is 1. The number of carbonyl (C=O) groups excluding carboxylic acids is 2. The summed E-state index contributed by atoms with van der Waals surface area (Å²) in [6.07, 6.45) is -2.88. The molecule has 2 fully saturated rings. The van der Waals surface area contributed by atoms with Crippen molar-refractivity contribution in [1.29, 1.82) is 0 Å². The van der Waals surface area contributed by atoms with Crippen LogP contribution in [-0.4, -0.2) is 52.0 Å². The highest BCUT2D eigenvalue weighted by Gasteiger charge is 2.46. The Morgan fingerprint density at radius 2 is 1.68 bits per heavy atom. The minimum atomic E-state index is -4.93. The van der Waals surface area contributed by atoms with Crippen LogP contribution in [0.4, 0.5) is 39.5 Å². The number of nitrogens with one attached hydrogen (secondary N) is 2. The van der Waals surface area contributed by atoms with Crippen molar-refractivity contribution in [1.82, 2.24) is 14.9 Å². The van der Waals surface area contributed by atoms with Gasteiger partial charge in [0.05, 0.1) is 29.7 Å². The Hall–Kier alpha value is -4.94. The minimum absolute atomic E-state index is 0.0137. The number of alkyl halides is 3. The van der Waals surface area contributed by atoms with E-state index in [9.17, 15) is 27.2 Å². The van der Waals surface area contributed by atoms with Crippen LogP contribution in [0.3, 0.4) is 0 Å². The molecule has 4 aromatic rings. The molecule has 2 saturated heterocycles. The molecule has 4 heterocycles. The molecule has 2 bridgehead atoms. The number of nitrogens with zero attached hydrogens (tertiary/aromatic N) is 4. The Morgan fingerprint density at radius 3 is 2.34 bits per heavy atom. The largest absolute Gasteiger partial charge is 0.452 e. The van der Waals surface area contributed by atoms with E-state index >= 15 is 0 Å². The first-order valence-electron chi connectivity index (χ1n) is 12.7. The molecule has 3 amide bonds. The molecule has 2 N–H and O–H groups in total. The molecule has 13 heteroatoms. The van der Waals surface area contributed by atoms with Gasteiger partial charge in [-0.05, 0) is 42.8 Å². The van der Waals surface area contributed by atoms with Gasteiger partial charge in [-0.25, -0.2) is 19.2 Å². The van der Waals surface area contributed by atoms with Gasteiger partial charge in [-0.2, -0.15) is 13.2 Å². The van der Waals surface area contributed by atoms with Gasteiger partial charge in [-0.3, -0.25) is 4.79 Å². The summed E-state index contributed by atoms with van der Waals surface area (Å²) in [6.45, 7) is 0.922. The zero-order chi connectivity index (χ0) is 28.7. The van der Waals surface area contributed by atoms with Gasteiger partial charge in [-0.1, -0.05) is 30.3 Å². The summed E-state index contributed by atoms with van der Waals surface area (Å²) in [4.78, 5) is 37.4. The van der Waals surface area contributed by atoms with E-state index in [1.54, 1.807) is 41.3 Å². The molecule has 0 spiro atoms. The summed E-state index contributed by atoms with van der Waals surface area (Å²) in [5.41, 5.74) is -0.302. The first-order valence-corrected chi connectivity index (χ1v) is 12.7. The van der Waals surface area contributed by atoms with Gasteiger partial charge >= 0.3 is 12.2 Å². The van der Waals surface area contributed by atoms with E-state index in [0.29, 0.717) is 30.9 Å². The van der Waals surface area contributed by atoms with Crippen LogP contribution in [0.25, 0.3) is 11.5 Å². The summed E-state index contributed by atoms with van der Waals surface area (Å²) >= 11 is 0. The van der Waals surface area contributed by atoms with Crippen molar-refractivity contribution in [2.24, 2.45) is 0 Å². The number of para-hydroxylation sites is 1. The highest BCUT2D eigenvalue weighted by atomic mass is 19.4. The lowest BCUT2D eigenvalue weighted by atomic mass is 10.2. The number of rotatable bonds is 5. The number of carbonyl (C=O) groups is 2. The van der Waals surface area contributed by atoms with Crippen LogP contribution >= 0.6 is 0 Å². The molecule has 0 radical (unpaired) electrons. The van der Waals surface area contributed by atoms with Crippen LogP contribution in [0.15, 0.2) is 77.3 Å². The SMILES string of the molecule is O=C(Nc1ccc(N2CC3CC2CN3C(=O)Nc2ccccc2F)nc1)c1nc(-c2ccccc2)oc1C(F)(F)F. The Kier molecular flexibility index (Phi) is 6.56. The van der Waals surface area contributed by atoms with Crippen molar-refractivity contribution in [3.05, 3.63) is 90.2 Å². The maximum atomic E-state index is 13.9. The fraction of sp³-hybridized carbons (Fsp3) is 0.214. The number of hydrogen-bond donors (Lipinski definition) is 2. The first-order chi connectivity index (χ1) is 19.7. The maximum absolute atomic E-state index is 13.9. The molecule has 2 unspecified atom stereocenters. The average Bonchev–Trinajstić information content (AvgIpc) is 3.70. The van der Waals surface area contributed by atoms with E-state index in [0.717, 1.165) is 0 Å². The maximum Gasteiger partial charge on any atom is 0.452 e. The molecule has 2 aromatic carbocycles. The predicted octanol–water partition coefficient (Wildman–Crippen LogP) is 5.64. The molecule has 0 aliphatic carbocycles. The van der Waals surface area contributed by atoms with Gasteiger partial charge in [0.1, 0.15) is 11.6 Å². The Balaban J connectivity index is 1.11. The highest BCUT2D eigenvalue weighted by molar-refractivity contribution is 6.04. The van der Waals surface area contributed by atoms with E-state index in [1.165, 1.54) is 36.5 Å². The van der Waals surface area contributed by atoms with Crippen molar-refractivity contribution in [2.75, 3.05) is 28.6 Å². The van der Waals surface area contributed by atoms with Crippen molar-refractivity contribution in [3.8, 4) is 11.5 Å². The molecule has 9 nitrogen and oxygen atoms in total. The van der Waals surface area contributed by atoms with Crippen LogP contribution in [0.2, 0.25) is 0 Å². The zero-order valence-corrected chi connectivity index (χ0v) is 21.2. The van der Waals surface area contributed by atoms with E-state index < -0.39 is 29.4 Å². The van der Waals surface area contributed by atoms with E-state index in [-0.39, 0.29) is 35.4 Å². The quantitative estimate of drug-likeness (QED) is 0.303. The third kappa shape index (κ3) is 5.17. The molecular formula is C28H22F4N6O3. The van der Waals surface area contributed by atoms with Crippen LogP contribution in [0.1, 0.15) is 22.7 Å². The first kappa shape index (κ1) is 26.3.